The van der Waals surface area contributed by atoms with Gasteiger partial charge < -0.3 is 9.52 Å². The molecule has 3 aromatic carbocycles. The molecule has 3 aromatic heterocycles. The molecule has 49 heavy (non-hydrogen) atoms. The molecule has 0 atom stereocenters. The van der Waals surface area contributed by atoms with Gasteiger partial charge in [0.15, 0.2) is 5.78 Å². The van der Waals surface area contributed by atoms with Crippen LogP contribution in [0, 0.1) is 17.9 Å². The van der Waals surface area contributed by atoms with Gasteiger partial charge in [-0.3, -0.25) is 14.8 Å². The van der Waals surface area contributed by atoms with Gasteiger partial charge in [0, 0.05) is 78.8 Å². The number of carbonyl (C=O) groups excluding carboxylic acids is 1. The minimum absolute atomic E-state index is 0. The molecule has 1 N–H and O–H groups in total. The number of carbonyl (C=O) groups is 1. The molecular weight excluding hydrogens is 785 g/mol. The summed E-state index contributed by atoms with van der Waals surface area (Å²) < 4.78 is 6.54. The normalized spacial score (nSPS) is 12.3. The third-order valence-electron chi connectivity index (χ3n) is 9.71. The van der Waals surface area contributed by atoms with Gasteiger partial charge in [-0.1, -0.05) is 92.7 Å². The molecule has 1 aliphatic rings. The number of fused-ring (bicyclic) bond motifs is 6. The minimum Gasteiger partial charge on any atom is -0.512 e. The number of allylic oxidation sites excluding steroid dienone is 2. The maximum absolute atomic E-state index is 11.7. The van der Waals surface area contributed by atoms with Crippen molar-refractivity contribution in [3.8, 4) is 33.7 Å². The summed E-state index contributed by atoms with van der Waals surface area (Å²) in [5, 5.41) is 13.1. The zero-order valence-electron chi connectivity index (χ0n) is 28.6. The summed E-state index contributed by atoms with van der Waals surface area (Å²) in [4.78, 5) is 20.8. The van der Waals surface area contributed by atoms with Gasteiger partial charge in [-0.25, -0.2) is 0 Å². The summed E-state index contributed by atoms with van der Waals surface area (Å²) in [6.07, 6.45) is 12.5. The molecule has 0 aliphatic heterocycles. The molecule has 3 heterocycles. The summed E-state index contributed by atoms with van der Waals surface area (Å²) >= 11 is 0. The topological polar surface area (TPSA) is 76.2 Å². The van der Waals surface area contributed by atoms with Gasteiger partial charge in [-0.15, -0.1) is 23.6 Å². The van der Waals surface area contributed by atoms with Crippen LogP contribution < -0.4 is 0 Å². The average molecular weight is 828 g/mol. The molecule has 0 saturated heterocycles. The van der Waals surface area contributed by atoms with Gasteiger partial charge in [0.2, 0.25) is 0 Å². The minimum atomic E-state index is 0. The average Bonchev–Trinajstić information content (AvgIpc) is 3.52. The van der Waals surface area contributed by atoms with Gasteiger partial charge in [0.25, 0.3) is 0 Å². The Labute approximate surface area is 302 Å². The first-order valence-electron chi connectivity index (χ1n) is 17.3. The molecule has 0 fully saturated rings. The van der Waals surface area contributed by atoms with Crippen molar-refractivity contribution < 1.29 is 34.4 Å². The third kappa shape index (κ3) is 7.46. The Morgan fingerprint density at radius 3 is 2.31 bits per heavy atom. The molecule has 0 saturated carbocycles. The molecule has 0 bridgehead atoms. The molecule has 1 aliphatic carbocycles. The van der Waals surface area contributed by atoms with E-state index in [1.165, 1.54) is 33.7 Å². The number of aryl methyl sites for hydroxylation is 2. The summed E-state index contributed by atoms with van der Waals surface area (Å²) in [6, 6.07) is 28.9. The van der Waals surface area contributed by atoms with Crippen molar-refractivity contribution in [3.63, 3.8) is 0 Å². The van der Waals surface area contributed by atoms with Crippen molar-refractivity contribution in [3.05, 3.63) is 120 Å². The first-order chi connectivity index (χ1) is 23.5. The molecule has 1 radical (unpaired) electrons. The predicted octanol–water partition coefficient (Wildman–Crippen LogP) is 11.1. The van der Waals surface area contributed by atoms with Crippen molar-refractivity contribution in [2.24, 2.45) is 11.8 Å². The second kappa shape index (κ2) is 16.3. The molecule has 0 amide bonds. The molecule has 6 heteroatoms. The molecule has 0 unspecified atom stereocenters. The number of rotatable bonds is 9. The summed E-state index contributed by atoms with van der Waals surface area (Å²) in [6.45, 7) is 8.07. The van der Waals surface area contributed by atoms with Crippen LogP contribution in [-0.4, -0.2) is 20.9 Å². The largest absolute Gasteiger partial charge is 0.512 e. The van der Waals surface area contributed by atoms with Crippen molar-refractivity contribution in [1.82, 2.24) is 9.97 Å². The Morgan fingerprint density at radius 2 is 1.57 bits per heavy atom. The second-order valence-corrected chi connectivity index (χ2v) is 12.5. The summed E-state index contributed by atoms with van der Waals surface area (Å²) in [5.74, 6) is 1.48. The molecule has 5 nitrogen and oxygen atoms in total. The van der Waals surface area contributed by atoms with E-state index in [1.807, 2.05) is 52.4 Å². The summed E-state index contributed by atoms with van der Waals surface area (Å²) in [5.41, 5.74) is 8.57. The smallest absolute Gasteiger partial charge is 0.162 e. The maximum Gasteiger partial charge on any atom is 0.162 e. The first kappa shape index (κ1) is 35.9. The van der Waals surface area contributed by atoms with Gasteiger partial charge in [0.1, 0.15) is 11.3 Å². The van der Waals surface area contributed by atoms with E-state index in [-0.39, 0.29) is 43.5 Å². The zero-order chi connectivity index (χ0) is 33.6. The number of aromatic nitrogens is 2. The fourth-order valence-electron chi connectivity index (χ4n) is 6.83. The van der Waals surface area contributed by atoms with Crippen LogP contribution in [0.5, 0.6) is 0 Å². The van der Waals surface area contributed by atoms with Gasteiger partial charge in [-0.05, 0) is 61.8 Å². The standard InChI is InChI=1S/C30H19N2O.C13H24O2.Ir/c1-2-6-19(7-3-1)26-17-22(16-21-8-4-5-9-23(21)26)28-30-25(13-15-32-28)24-11-10-20-12-14-31-18-27(20)29(24)33-30;1-5-10(6-2)12(14)9-13(15)11(7-3)8-4;/h1-9,12-15,17-18H,10-11H2;9-11,14H,5-8H2,1-4H3;/q-1;;/b;12-9-;. The number of nitrogens with zero attached hydrogens (tertiary/aromatic N) is 2. The fraction of sp³-hybridized carbons (Fsp3) is 0.279. The number of aliphatic hydroxyl groups is 1. The van der Waals surface area contributed by atoms with Crippen LogP contribution in [0.4, 0.5) is 0 Å². The van der Waals surface area contributed by atoms with Crippen LogP contribution in [0.1, 0.15) is 64.5 Å². The molecule has 7 rings (SSSR count). The SMILES string of the molecule is CCC(CC)C(=O)/C=C(\O)C(CC)CC.[Ir].[c-]1c(-c2nccc3c4c(oc23)-c2cnccc2CC4)cc(-c2ccccc2)c2ccccc12. The van der Waals surface area contributed by atoms with Crippen LogP contribution in [0.15, 0.2) is 108 Å². The Morgan fingerprint density at radius 1 is 0.857 bits per heavy atom. The number of hydrogen-bond donors (Lipinski definition) is 1. The second-order valence-electron chi connectivity index (χ2n) is 12.5. The monoisotopic (exact) mass is 828 g/mol. The number of ketones is 1. The van der Waals surface area contributed by atoms with Crippen molar-refractivity contribution in [2.45, 2.75) is 66.2 Å². The van der Waals surface area contributed by atoms with E-state index in [1.54, 1.807) is 0 Å². The van der Waals surface area contributed by atoms with E-state index in [0.717, 1.165) is 77.5 Å². The Hall–Kier alpha value is -4.38. The van der Waals surface area contributed by atoms with Gasteiger partial charge in [-0.2, -0.15) is 0 Å². The zero-order valence-corrected chi connectivity index (χ0v) is 31.0. The molecule has 253 valence electrons. The quantitative estimate of drug-likeness (QED) is 0.0892. The molecular formula is C43H43IrN2O3-. The van der Waals surface area contributed by atoms with Crippen LogP contribution in [-0.2, 0) is 37.7 Å². The van der Waals surface area contributed by atoms with Crippen molar-refractivity contribution in [1.29, 1.82) is 0 Å². The molecule has 0 spiro atoms. The van der Waals surface area contributed by atoms with Crippen LogP contribution in [0.2, 0.25) is 0 Å². The van der Waals surface area contributed by atoms with Crippen LogP contribution in [0.25, 0.3) is 55.4 Å². The van der Waals surface area contributed by atoms with E-state index < -0.39 is 0 Å². The predicted molar refractivity (Wildman–Crippen MR) is 196 cm³/mol. The number of hydrogen-bond acceptors (Lipinski definition) is 5. The Balaban J connectivity index is 0.000000252. The van der Waals surface area contributed by atoms with E-state index in [2.05, 4.69) is 77.8 Å². The van der Waals surface area contributed by atoms with E-state index in [9.17, 15) is 9.90 Å². The third-order valence-corrected chi connectivity index (χ3v) is 9.71. The number of benzene rings is 3. The Bertz CT molecular complexity index is 2070. The number of aliphatic hydroxyl groups excluding tert-OH is 1. The Kier molecular flexibility index (Phi) is 12.0. The van der Waals surface area contributed by atoms with Gasteiger partial charge in [0.05, 0.1) is 5.76 Å². The first-order valence-corrected chi connectivity index (χ1v) is 17.3. The van der Waals surface area contributed by atoms with Crippen LogP contribution in [0.3, 0.4) is 0 Å². The molecule has 6 aromatic rings. The van der Waals surface area contributed by atoms with Crippen molar-refractivity contribution in [2.75, 3.05) is 0 Å². The number of pyridine rings is 2. The van der Waals surface area contributed by atoms with E-state index in [4.69, 9.17) is 9.40 Å². The van der Waals surface area contributed by atoms with Gasteiger partial charge >= 0.3 is 0 Å². The van der Waals surface area contributed by atoms with E-state index in [0.29, 0.717) is 0 Å². The summed E-state index contributed by atoms with van der Waals surface area (Å²) in [7, 11) is 0. The van der Waals surface area contributed by atoms with Crippen LogP contribution >= 0.6 is 0 Å². The number of furan rings is 1. The van der Waals surface area contributed by atoms with Crippen molar-refractivity contribution >= 4 is 27.5 Å². The fourth-order valence-corrected chi connectivity index (χ4v) is 6.83. The maximum atomic E-state index is 11.7. The van der Waals surface area contributed by atoms with E-state index >= 15 is 0 Å².